The SMILES string of the molecule is Cc1ccc(C)c([C@]2(CCN3CCN(C4CCCCC4)CC3)CCN(C(=O)Cc3c(F)cccc3Cl)C2)c1. The Balaban J connectivity index is 1.27. The number of aryl methyl sites for hydroxylation is 2. The Morgan fingerprint density at radius 3 is 2.53 bits per heavy atom. The van der Waals surface area contributed by atoms with Crippen LogP contribution in [0, 0.1) is 19.7 Å². The van der Waals surface area contributed by atoms with Crippen LogP contribution in [0.4, 0.5) is 4.39 Å². The lowest BCUT2D eigenvalue weighted by Crippen LogP contribution is -2.51. The molecule has 5 rings (SSSR count). The third-order valence-corrected chi connectivity index (χ3v) is 9.82. The summed E-state index contributed by atoms with van der Waals surface area (Å²) in [5.74, 6) is -0.441. The van der Waals surface area contributed by atoms with Crippen molar-refractivity contribution in [1.82, 2.24) is 14.7 Å². The lowest BCUT2D eigenvalue weighted by molar-refractivity contribution is -0.129. The molecule has 0 radical (unpaired) electrons. The molecule has 2 saturated heterocycles. The number of amides is 1. The Hall–Kier alpha value is -1.95. The van der Waals surface area contributed by atoms with Gasteiger partial charge in [0.15, 0.2) is 0 Å². The summed E-state index contributed by atoms with van der Waals surface area (Å²) in [6.07, 6.45) is 8.92. The Morgan fingerprint density at radius 2 is 1.79 bits per heavy atom. The number of carbonyl (C=O) groups is 1. The molecule has 2 aliphatic heterocycles. The highest BCUT2D eigenvalue weighted by Gasteiger charge is 2.42. The van der Waals surface area contributed by atoms with Gasteiger partial charge in [-0.25, -0.2) is 4.39 Å². The van der Waals surface area contributed by atoms with E-state index in [9.17, 15) is 9.18 Å². The molecule has 1 saturated carbocycles. The molecular weight excluding hydrogens is 497 g/mol. The second kappa shape index (κ2) is 12.1. The standard InChI is InChI=1S/C32H43ClFN3O/c1-24-11-12-25(2)28(21-24)32(13-15-35-17-19-36(20-18-35)26-7-4-3-5-8-26)14-16-37(23-32)31(38)22-27-29(33)9-6-10-30(27)34/h6,9-12,21,26H,3-5,7-8,13-20,22-23H2,1-2H3/t32-/m1/s1. The second-order valence-electron chi connectivity index (χ2n) is 12.0. The molecule has 2 aromatic rings. The maximum Gasteiger partial charge on any atom is 0.227 e. The predicted octanol–water partition coefficient (Wildman–Crippen LogP) is 6.15. The first-order valence-electron chi connectivity index (χ1n) is 14.6. The molecule has 1 amide bonds. The summed E-state index contributed by atoms with van der Waals surface area (Å²) in [6, 6.07) is 12.1. The first kappa shape index (κ1) is 27.6. The van der Waals surface area contributed by atoms with Crippen molar-refractivity contribution in [2.45, 2.75) is 76.7 Å². The molecule has 1 atom stereocenters. The van der Waals surface area contributed by atoms with Crippen LogP contribution in [0.5, 0.6) is 0 Å². The minimum Gasteiger partial charge on any atom is -0.341 e. The van der Waals surface area contributed by atoms with Crippen LogP contribution in [-0.2, 0) is 16.6 Å². The Kier molecular flexibility index (Phi) is 8.76. The number of likely N-dealkylation sites (tertiary alicyclic amines) is 1. The number of rotatable bonds is 7. The fraction of sp³-hybridized carbons (Fsp3) is 0.594. The van der Waals surface area contributed by atoms with Gasteiger partial charge in [0, 0.05) is 61.3 Å². The van der Waals surface area contributed by atoms with Crippen molar-refractivity contribution in [3.8, 4) is 0 Å². The first-order chi connectivity index (χ1) is 18.3. The van der Waals surface area contributed by atoms with Crippen molar-refractivity contribution in [3.05, 3.63) is 69.5 Å². The van der Waals surface area contributed by atoms with Gasteiger partial charge in [-0.15, -0.1) is 0 Å². The van der Waals surface area contributed by atoms with E-state index in [0.717, 1.165) is 38.5 Å². The molecule has 38 heavy (non-hydrogen) atoms. The molecule has 4 nitrogen and oxygen atoms in total. The Labute approximate surface area is 233 Å². The molecule has 0 unspecified atom stereocenters. The summed E-state index contributed by atoms with van der Waals surface area (Å²) in [6.45, 7) is 11.4. The topological polar surface area (TPSA) is 26.8 Å². The zero-order valence-corrected chi connectivity index (χ0v) is 23.9. The van der Waals surface area contributed by atoms with Gasteiger partial charge in [-0.1, -0.05) is 60.7 Å². The van der Waals surface area contributed by atoms with E-state index in [1.54, 1.807) is 12.1 Å². The number of carbonyl (C=O) groups excluding carboxylic acids is 1. The van der Waals surface area contributed by atoms with E-state index >= 15 is 0 Å². The van der Waals surface area contributed by atoms with E-state index in [0.29, 0.717) is 23.7 Å². The van der Waals surface area contributed by atoms with E-state index in [2.05, 4.69) is 41.8 Å². The molecule has 3 fully saturated rings. The van der Waals surface area contributed by atoms with Crippen LogP contribution in [0.1, 0.15) is 67.2 Å². The van der Waals surface area contributed by atoms with Crippen molar-refractivity contribution in [1.29, 1.82) is 0 Å². The Morgan fingerprint density at radius 1 is 1.03 bits per heavy atom. The van der Waals surface area contributed by atoms with Gasteiger partial charge < -0.3 is 9.80 Å². The highest BCUT2D eigenvalue weighted by molar-refractivity contribution is 6.31. The van der Waals surface area contributed by atoms with Crippen molar-refractivity contribution in [3.63, 3.8) is 0 Å². The van der Waals surface area contributed by atoms with Gasteiger partial charge in [0.1, 0.15) is 5.82 Å². The van der Waals surface area contributed by atoms with Gasteiger partial charge in [0.2, 0.25) is 5.91 Å². The largest absolute Gasteiger partial charge is 0.341 e. The quantitative estimate of drug-likeness (QED) is 0.422. The molecule has 206 valence electrons. The van der Waals surface area contributed by atoms with Crippen molar-refractivity contribution < 1.29 is 9.18 Å². The highest BCUT2D eigenvalue weighted by Crippen LogP contribution is 2.40. The lowest BCUT2D eigenvalue weighted by atomic mass is 9.74. The molecule has 2 heterocycles. The minimum atomic E-state index is -0.404. The summed E-state index contributed by atoms with van der Waals surface area (Å²) in [5, 5.41) is 0.325. The molecule has 0 spiro atoms. The van der Waals surface area contributed by atoms with Crippen molar-refractivity contribution in [2.24, 2.45) is 0 Å². The van der Waals surface area contributed by atoms with Gasteiger partial charge in [-0.3, -0.25) is 9.69 Å². The summed E-state index contributed by atoms with van der Waals surface area (Å²) in [4.78, 5) is 20.7. The van der Waals surface area contributed by atoms with Crippen molar-refractivity contribution in [2.75, 3.05) is 45.8 Å². The Bertz CT molecular complexity index is 1110. The van der Waals surface area contributed by atoms with Crippen LogP contribution >= 0.6 is 11.6 Å². The average molecular weight is 540 g/mol. The minimum absolute atomic E-state index is 0.0114. The normalized spacial score (nSPS) is 23.7. The fourth-order valence-corrected chi connectivity index (χ4v) is 7.32. The molecule has 0 aromatic heterocycles. The van der Waals surface area contributed by atoms with Gasteiger partial charge in [0.25, 0.3) is 0 Å². The van der Waals surface area contributed by atoms with Crippen LogP contribution in [0.2, 0.25) is 5.02 Å². The number of hydrogen-bond acceptors (Lipinski definition) is 3. The van der Waals surface area contributed by atoms with Gasteiger partial charge >= 0.3 is 0 Å². The van der Waals surface area contributed by atoms with Crippen molar-refractivity contribution >= 4 is 17.5 Å². The maximum absolute atomic E-state index is 14.4. The van der Waals surface area contributed by atoms with Crippen LogP contribution < -0.4 is 0 Å². The smallest absolute Gasteiger partial charge is 0.227 e. The number of piperazine rings is 1. The molecule has 0 bridgehead atoms. The molecule has 3 aliphatic rings. The molecule has 1 aliphatic carbocycles. The number of hydrogen-bond donors (Lipinski definition) is 0. The number of benzene rings is 2. The number of nitrogens with zero attached hydrogens (tertiary/aromatic N) is 3. The summed E-state index contributed by atoms with van der Waals surface area (Å²) < 4.78 is 14.4. The highest BCUT2D eigenvalue weighted by atomic mass is 35.5. The van der Waals surface area contributed by atoms with Gasteiger partial charge in [-0.05, 0) is 69.3 Å². The van der Waals surface area contributed by atoms with E-state index < -0.39 is 5.82 Å². The summed E-state index contributed by atoms with van der Waals surface area (Å²) >= 11 is 6.25. The van der Waals surface area contributed by atoms with E-state index in [1.165, 1.54) is 68.0 Å². The zero-order valence-electron chi connectivity index (χ0n) is 23.2. The van der Waals surface area contributed by atoms with Gasteiger partial charge in [0.05, 0.1) is 6.42 Å². The second-order valence-corrected chi connectivity index (χ2v) is 12.4. The molecule has 2 aromatic carbocycles. The van der Waals surface area contributed by atoms with E-state index in [4.69, 9.17) is 11.6 Å². The van der Waals surface area contributed by atoms with E-state index in [1.807, 2.05) is 4.90 Å². The average Bonchev–Trinajstić information content (AvgIpc) is 3.37. The number of halogens is 2. The monoisotopic (exact) mass is 539 g/mol. The molecule has 6 heteroatoms. The maximum atomic E-state index is 14.4. The van der Waals surface area contributed by atoms with Crippen LogP contribution in [0.3, 0.4) is 0 Å². The summed E-state index contributed by atoms with van der Waals surface area (Å²) in [5.41, 5.74) is 4.15. The van der Waals surface area contributed by atoms with Gasteiger partial charge in [-0.2, -0.15) is 0 Å². The third kappa shape index (κ3) is 6.11. The molecule has 0 N–H and O–H groups in total. The van der Waals surface area contributed by atoms with Crippen LogP contribution in [-0.4, -0.2) is 72.5 Å². The van der Waals surface area contributed by atoms with Crippen LogP contribution in [0.25, 0.3) is 0 Å². The zero-order chi connectivity index (χ0) is 26.7. The third-order valence-electron chi connectivity index (χ3n) is 9.47. The lowest BCUT2D eigenvalue weighted by Gasteiger charge is -2.42. The van der Waals surface area contributed by atoms with Crippen LogP contribution in [0.15, 0.2) is 36.4 Å². The molecular formula is C32H43ClFN3O. The predicted molar refractivity (Wildman–Crippen MR) is 153 cm³/mol. The fourth-order valence-electron chi connectivity index (χ4n) is 7.09. The van der Waals surface area contributed by atoms with E-state index in [-0.39, 0.29) is 17.7 Å². The summed E-state index contributed by atoms with van der Waals surface area (Å²) in [7, 11) is 0. The first-order valence-corrected chi connectivity index (χ1v) is 15.0.